The van der Waals surface area contributed by atoms with Crippen LogP contribution in [0.2, 0.25) is 0 Å². The van der Waals surface area contributed by atoms with Gasteiger partial charge in [0.1, 0.15) is 0 Å². The van der Waals surface area contributed by atoms with Gasteiger partial charge in [-0.05, 0) is 31.5 Å². The summed E-state index contributed by atoms with van der Waals surface area (Å²) >= 11 is 7.02. The SMILES string of the molecule is Cc1cc(CNC(C)c2ccc(Br)cc2Br)on1. The van der Waals surface area contributed by atoms with Crippen molar-refractivity contribution >= 4 is 31.9 Å². The zero-order valence-electron chi connectivity index (χ0n) is 10.2. The zero-order valence-corrected chi connectivity index (χ0v) is 13.4. The molecule has 2 rings (SSSR count). The Bertz CT molecular complexity index is 540. The van der Waals surface area contributed by atoms with Crippen molar-refractivity contribution in [3.8, 4) is 0 Å². The van der Waals surface area contributed by atoms with Crippen LogP contribution < -0.4 is 5.32 Å². The van der Waals surface area contributed by atoms with Crippen LogP contribution in [0.1, 0.15) is 30.0 Å². The van der Waals surface area contributed by atoms with Crippen LogP contribution >= 0.6 is 31.9 Å². The van der Waals surface area contributed by atoms with E-state index < -0.39 is 0 Å². The van der Waals surface area contributed by atoms with Crippen molar-refractivity contribution in [3.63, 3.8) is 0 Å². The van der Waals surface area contributed by atoms with Gasteiger partial charge in [-0.2, -0.15) is 0 Å². The minimum absolute atomic E-state index is 0.234. The molecule has 1 heterocycles. The van der Waals surface area contributed by atoms with Crippen molar-refractivity contribution in [3.05, 3.63) is 50.2 Å². The van der Waals surface area contributed by atoms with E-state index in [1.165, 1.54) is 5.56 Å². The highest BCUT2D eigenvalue weighted by Gasteiger charge is 2.10. The number of nitrogens with zero attached hydrogens (tertiary/aromatic N) is 1. The molecule has 1 N–H and O–H groups in total. The highest BCUT2D eigenvalue weighted by Crippen LogP contribution is 2.26. The van der Waals surface area contributed by atoms with Crippen molar-refractivity contribution < 1.29 is 4.52 Å². The van der Waals surface area contributed by atoms with Gasteiger partial charge in [0.15, 0.2) is 5.76 Å². The average molecular weight is 374 g/mol. The lowest BCUT2D eigenvalue weighted by Gasteiger charge is -2.15. The van der Waals surface area contributed by atoms with Gasteiger partial charge < -0.3 is 9.84 Å². The number of hydrogen-bond donors (Lipinski definition) is 1. The van der Waals surface area contributed by atoms with Gasteiger partial charge in [0.05, 0.1) is 12.2 Å². The molecule has 1 unspecified atom stereocenters. The van der Waals surface area contributed by atoms with Crippen LogP contribution in [-0.2, 0) is 6.54 Å². The third-order valence-electron chi connectivity index (χ3n) is 2.69. The van der Waals surface area contributed by atoms with Crippen LogP contribution in [0.4, 0.5) is 0 Å². The number of aromatic nitrogens is 1. The highest BCUT2D eigenvalue weighted by molar-refractivity contribution is 9.11. The van der Waals surface area contributed by atoms with Gasteiger partial charge in [0, 0.05) is 21.1 Å². The van der Waals surface area contributed by atoms with Gasteiger partial charge in [-0.25, -0.2) is 0 Å². The fourth-order valence-electron chi connectivity index (χ4n) is 1.72. The van der Waals surface area contributed by atoms with Gasteiger partial charge in [-0.3, -0.25) is 0 Å². The Balaban J connectivity index is 2.01. The molecule has 5 heteroatoms. The molecular weight excluding hydrogens is 360 g/mol. The molecule has 1 aromatic carbocycles. The Morgan fingerprint density at radius 3 is 2.72 bits per heavy atom. The average Bonchev–Trinajstić information content (AvgIpc) is 2.72. The van der Waals surface area contributed by atoms with E-state index in [2.05, 4.69) is 55.3 Å². The monoisotopic (exact) mass is 372 g/mol. The Morgan fingerprint density at radius 1 is 1.33 bits per heavy atom. The second-order valence-electron chi connectivity index (χ2n) is 4.20. The molecule has 1 aromatic heterocycles. The zero-order chi connectivity index (χ0) is 13.1. The lowest BCUT2D eigenvalue weighted by molar-refractivity contribution is 0.363. The first-order valence-electron chi connectivity index (χ1n) is 5.67. The van der Waals surface area contributed by atoms with Crippen LogP contribution in [0.5, 0.6) is 0 Å². The topological polar surface area (TPSA) is 38.1 Å². The Labute approximate surface area is 123 Å². The number of hydrogen-bond acceptors (Lipinski definition) is 3. The highest BCUT2D eigenvalue weighted by atomic mass is 79.9. The Hall–Kier alpha value is -0.650. The molecule has 0 fully saturated rings. The van der Waals surface area contributed by atoms with Gasteiger partial charge >= 0.3 is 0 Å². The van der Waals surface area contributed by atoms with Crippen LogP contribution in [0, 0.1) is 6.92 Å². The van der Waals surface area contributed by atoms with Crippen LogP contribution in [-0.4, -0.2) is 5.16 Å². The van der Waals surface area contributed by atoms with Crippen LogP contribution in [0.25, 0.3) is 0 Å². The summed E-state index contributed by atoms with van der Waals surface area (Å²) in [5.74, 6) is 0.854. The first kappa shape index (κ1) is 13.8. The molecule has 0 aliphatic heterocycles. The molecule has 0 bridgehead atoms. The third-order valence-corrected chi connectivity index (χ3v) is 3.87. The van der Waals surface area contributed by atoms with Crippen LogP contribution in [0.3, 0.4) is 0 Å². The molecule has 0 amide bonds. The van der Waals surface area contributed by atoms with E-state index in [0.29, 0.717) is 6.54 Å². The van der Waals surface area contributed by atoms with Crippen molar-refractivity contribution in [2.75, 3.05) is 0 Å². The standard InChI is InChI=1S/C13H14Br2N2O/c1-8-5-11(18-17-8)7-16-9(2)12-4-3-10(14)6-13(12)15/h3-6,9,16H,7H2,1-2H3. The van der Waals surface area contributed by atoms with E-state index in [4.69, 9.17) is 4.52 Å². The lowest BCUT2D eigenvalue weighted by Crippen LogP contribution is -2.18. The normalized spacial score (nSPS) is 12.7. The maximum atomic E-state index is 5.17. The van der Waals surface area contributed by atoms with E-state index in [1.807, 2.05) is 25.1 Å². The predicted octanol–water partition coefficient (Wildman–Crippen LogP) is 4.36. The van der Waals surface area contributed by atoms with Crippen molar-refractivity contribution in [1.82, 2.24) is 10.5 Å². The molecule has 0 aliphatic carbocycles. The van der Waals surface area contributed by atoms with E-state index >= 15 is 0 Å². The quantitative estimate of drug-likeness (QED) is 0.865. The summed E-state index contributed by atoms with van der Waals surface area (Å²) in [5.41, 5.74) is 2.12. The van der Waals surface area contributed by atoms with E-state index in [0.717, 1.165) is 20.4 Å². The molecule has 0 saturated carbocycles. The summed E-state index contributed by atoms with van der Waals surface area (Å²) in [4.78, 5) is 0. The maximum absolute atomic E-state index is 5.17. The minimum atomic E-state index is 0.234. The van der Waals surface area contributed by atoms with Gasteiger partial charge in [-0.15, -0.1) is 0 Å². The van der Waals surface area contributed by atoms with E-state index in [-0.39, 0.29) is 6.04 Å². The number of nitrogens with one attached hydrogen (secondary N) is 1. The minimum Gasteiger partial charge on any atom is -0.360 e. The largest absolute Gasteiger partial charge is 0.360 e. The molecule has 0 radical (unpaired) electrons. The van der Waals surface area contributed by atoms with Crippen molar-refractivity contribution in [1.29, 1.82) is 0 Å². The molecule has 2 aromatic rings. The second-order valence-corrected chi connectivity index (χ2v) is 5.97. The number of aryl methyl sites for hydroxylation is 1. The smallest absolute Gasteiger partial charge is 0.150 e. The van der Waals surface area contributed by atoms with Gasteiger partial charge in [0.2, 0.25) is 0 Å². The number of halogens is 2. The van der Waals surface area contributed by atoms with Gasteiger partial charge in [0.25, 0.3) is 0 Å². The fraction of sp³-hybridized carbons (Fsp3) is 0.308. The number of benzene rings is 1. The van der Waals surface area contributed by atoms with Crippen LogP contribution in [0.15, 0.2) is 37.7 Å². The fourth-order valence-corrected chi connectivity index (χ4v) is 3.11. The first-order chi connectivity index (χ1) is 8.56. The molecule has 3 nitrogen and oxygen atoms in total. The number of rotatable bonds is 4. The summed E-state index contributed by atoms with van der Waals surface area (Å²) in [6.45, 7) is 4.71. The predicted molar refractivity (Wildman–Crippen MR) is 78.3 cm³/mol. The molecule has 96 valence electrons. The lowest BCUT2D eigenvalue weighted by atomic mass is 10.1. The molecule has 18 heavy (non-hydrogen) atoms. The second kappa shape index (κ2) is 5.99. The third kappa shape index (κ3) is 3.43. The van der Waals surface area contributed by atoms with Crippen molar-refractivity contribution in [2.45, 2.75) is 26.4 Å². The summed E-state index contributed by atoms with van der Waals surface area (Å²) in [7, 11) is 0. The first-order valence-corrected chi connectivity index (χ1v) is 7.25. The molecular formula is C13H14Br2N2O. The summed E-state index contributed by atoms with van der Waals surface area (Å²) in [6.07, 6.45) is 0. The van der Waals surface area contributed by atoms with E-state index in [9.17, 15) is 0 Å². The van der Waals surface area contributed by atoms with E-state index in [1.54, 1.807) is 0 Å². The molecule has 0 aliphatic rings. The molecule has 0 spiro atoms. The molecule has 1 atom stereocenters. The van der Waals surface area contributed by atoms with Crippen molar-refractivity contribution in [2.24, 2.45) is 0 Å². The summed E-state index contributed by atoms with van der Waals surface area (Å²) < 4.78 is 7.32. The van der Waals surface area contributed by atoms with Gasteiger partial charge in [-0.1, -0.05) is 43.1 Å². The molecule has 0 saturated heterocycles. The Kier molecular flexibility index (Phi) is 4.59. The summed E-state index contributed by atoms with van der Waals surface area (Å²) in [6, 6.07) is 8.36. The summed E-state index contributed by atoms with van der Waals surface area (Å²) in [5, 5.41) is 7.28. The maximum Gasteiger partial charge on any atom is 0.150 e. The Morgan fingerprint density at radius 2 is 2.11 bits per heavy atom.